The molecule has 7 nitrogen and oxygen atoms in total. The van der Waals surface area contributed by atoms with Gasteiger partial charge in [0.2, 0.25) is 5.91 Å². The number of fused-ring (bicyclic) bond motifs is 2. The van der Waals surface area contributed by atoms with E-state index in [1.807, 2.05) is 17.2 Å². The highest BCUT2D eigenvalue weighted by Gasteiger charge is 2.24. The Labute approximate surface area is 227 Å². The summed E-state index contributed by atoms with van der Waals surface area (Å²) in [6.45, 7) is 9.51. The number of aromatic nitrogens is 3. The van der Waals surface area contributed by atoms with Gasteiger partial charge in [0.05, 0.1) is 16.4 Å². The maximum Gasteiger partial charge on any atom is 0.250 e. The Morgan fingerprint density at radius 2 is 1.89 bits per heavy atom. The lowest BCUT2D eigenvalue weighted by atomic mass is 9.94. The number of nitrogens with one attached hydrogen (secondary N) is 1. The number of rotatable bonds is 5. The van der Waals surface area contributed by atoms with Crippen molar-refractivity contribution in [2.24, 2.45) is 0 Å². The maximum atomic E-state index is 12.6. The Morgan fingerprint density at radius 1 is 1.08 bits per heavy atom. The van der Waals surface area contributed by atoms with Crippen molar-refractivity contribution in [3.63, 3.8) is 0 Å². The normalized spacial score (nSPS) is 16.5. The number of piperazine rings is 1. The highest BCUT2D eigenvalue weighted by atomic mass is 35.5. The summed E-state index contributed by atoms with van der Waals surface area (Å²) in [6.07, 6.45) is 6.91. The van der Waals surface area contributed by atoms with Crippen LogP contribution in [0.2, 0.25) is 5.02 Å². The quantitative estimate of drug-likeness (QED) is 0.364. The summed E-state index contributed by atoms with van der Waals surface area (Å²) in [4.78, 5) is 32.1. The number of H-pyrrole nitrogens is 1. The summed E-state index contributed by atoms with van der Waals surface area (Å²) in [5, 5.41) is 1.49. The summed E-state index contributed by atoms with van der Waals surface area (Å²) < 4.78 is 0. The Hall–Kier alpha value is -3.52. The van der Waals surface area contributed by atoms with Crippen LogP contribution in [0.5, 0.6) is 0 Å². The van der Waals surface area contributed by atoms with Crippen molar-refractivity contribution in [1.82, 2.24) is 24.8 Å². The minimum absolute atomic E-state index is 0.0814. The number of benzene rings is 1. The topological polar surface area (TPSA) is 68.4 Å². The van der Waals surface area contributed by atoms with E-state index in [0.29, 0.717) is 11.6 Å². The Bertz CT molecular complexity index is 1500. The van der Waals surface area contributed by atoms with Gasteiger partial charge in [-0.05, 0) is 61.4 Å². The number of hydrogen-bond acceptors (Lipinski definition) is 5. The number of halogens is 1. The van der Waals surface area contributed by atoms with Crippen LogP contribution in [0.25, 0.3) is 33.4 Å². The van der Waals surface area contributed by atoms with Crippen molar-refractivity contribution in [2.45, 2.75) is 19.4 Å². The monoisotopic (exact) mass is 526 g/mol. The zero-order valence-electron chi connectivity index (χ0n) is 21.6. The van der Waals surface area contributed by atoms with Crippen molar-refractivity contribution in [2.75, 3.05) is 44.7 Å². The molecule has 0 radical (unpaired) electrons. The van der Waals surface area contributed by atoms with E-state index < -0.39 is 0 Å². The van der Waals surface area contributed by atoms with Gasteiger partial charge in [-0.1, -0.05) is 30.3 Å². The first kappa shape index (κ1) is 24.8. The summed E-state index contributed by atoms with van der Waals surface area (Å²) in [7, 11) is 2.17. The Morgan fingerprint density at radius 3 is 2.66 bits per heavy atom. The number of aromatic amines is 1. The van der Waals surface area contributed by atoms with Crippen molar-refractivity contribution >= 4 is 34.2 Å². The molecule has 0 unspecified atom stereocenters. The van der Waals surface area contributed by atoms with Gasteiger partial charge in [-0.15, -0.1) is 0 Å². The molecule has 2 aliphatic rings. The van der Waals surface area contributed by atoms with Crippen LogP contribution < -0.4 is 4.90 Å². The van der Waals surface area contributed by atoms with E-state index in [0.717, 1.165) is 95.9 Å². The van der Waals surface area contributed by atoms with E-state index in [9.17, 15) is 4.79 Å². The lowest BCUT2D eigenvalue weighted by Crippen LogP contribution is -2.43. The first-order chi connectivity index (χ1) is 18.5. The number of nitrogens with zero attached hydrogens (tertiary/aromatic N) is 5. The van der Waals surface area contributed by atoms with Crippen molar-refractivity contribution < 1.29 is 4.79 Å². The number of hydrogen-bond donors (Lipinski definition) is 1. The van der Waals surface area contributed by atoms with Gasteiger partial charge in [-0.25, -0.2) is 4.98 Å². The van der Waals surface area contributed by atoms with Crippen LogP contribution >= 0.6 is 11.6 Å². The third-order valence-electron chi connectivity index (χ3n) is 7.67. The molecule has 2 aliphatic heterocycles. The Kier molecular flexibility index (Phi) is 6.74. The van der Waals surface area contributed by atoms with Crippen LogP contribution in [-0.2, 0) is 17.8 Å². The summed E-state index contributed by atoms with van der Waals surface area (Å²) in [5.41, 5.74) is 7.69. The van der Waals surface area contributed by atoms with Crippen LogP contribution in [0.1, 0.15) is 17.7 Å². The van der Waals surface area contributed by atoms with Gasteiger partial charge in [-0.3, -0.25) is 14.7 Å². The molecule has 0 spiro atoms. The number of aryl methyl sites for hydroxylation is 1. The second kappa shape index (κ2) is 10.3. The molecule has 1 fully saturated rings. The summed E-state index contributed by atoms with van der Waals surface area (Å²) in [6, 6.07) is 12.4. The maximum absolute atomic E-state index is 12.6. The predicted molar refractivity (Wildman–Crippen MR) is 153 cm³/mol. The molecular weight excluding hydrogens is 496 g/mol. The van der Waals surface area contributed by atoms with Gasteiger partial charge in [0.25, 0.3) is 0 Å². The SMILES string of the molecule is C=CC(=O)N1CCCc2ccc(-c3c(-c4ccc(CN5CCN(C)CC5)nc4)[nH]c4nccc(Cl)c34)cc21. The van der Waals surface area contributed by atoms with E-state index in [1.54, 1.807) is 6.20 Å². The molecule has 38 heavy (non-hydrogen) atoms. The van der Waals surface area contributed by atoms with Gasteiger partial charge in [0, 0.05) is 73.9 Å². The van der Waals surface area contributed by atoms with E-state index in [2.05, 4.69) is 63.7 Å². The highest BCUT2D eigenvalue weighted by molar-refractivity contribution is 6.36. The molecular formula is C30H31ClN6O. The number of amides is 1. The fraction of sp³-hybridized carbons (Fsp3) is 0.300. The van der Waals surface area contributed by atoms with Crippen molar-refractivity contribution in [1.29, 1.82) is 0 Å². The zero-order chi connectivity index (χ0) is 26.2. The lowest BCUT2D eigenvalue weighted by molar-refractivity contribution is -0.114. The molecule has 0 aliphatic carbocycles. The van der Waals surface area contributed by atoms with Crippen LogP contribution in [-0.4, -0.2) is 70.4 Å². The second-order valence-corrected chi connectivity index (χ2v) is 10.6. The molecule has 1 saturated heterocycles. The lowest BCUT2D eigenvalue weighted by Gasteiger charge is -2.32. The third kappa shape index (κ3) is 4.62. The molecule has 6 rings (SSSR count). The fourth-order valence-corrected chi connectivity index (χ4v) is 5.79. The standard InChI is InChI=1S/C30H31ClN6O/c1-3-26(38)37-12-4-5-20-6-7-21(17-25(20)37)27-28-24(31)10-11-32-30(28)34-29(27)22-8-9-23(33-18-22)19-36-15-13-35(2)14-16-36/h3,6-11,17-18H,1,4-5,12-16,19H2,2H3,(H,32,34). The first-order valence-corrected chi connectivity index (χ1v) is 13.5. The van der Waals surface area contributed by atoms with Gasteiger partial charge in [0.1, 0.15) is 5.65 Å². The number of anilines is 1. The first-order valence-electron chi connectivity index (χ1n) is 13.1. The summed E-state index contributed by atoms with van der Waals surface area (Å²) in [5.74, 6) is -0.0814. The van der Waals surface area contributed by atoms with Gasteiger partial charge < -0.3 is 14.8 Å². The van der Waals surface area contributed by atoms with Crippen LogP contribution in [0.4, 0.5) is 5.69 Å². The second-order valence-electron chi connectivity index (χ2n) is 10.2. The average molecular weight is 527 g/mol. The van der Waals surface area contributed by atoms with Crippen LogP contribution in [0.3, 0.4) is 0 Å². The van der Waals surface area contributed by atoms with E-state index >= 15 is 0 Å². The van der Waals surface area contributed by atoms with E-state index in [4.69, 9.17) is 16.6 Å². The number of carbonyl (C=O) groups is 1. The molecule has 3 aromatic heterocycles. The average Bonchev–Trinajstić information content (AvgIpc) is 3.34. The van der Waals surface area contributed by atoms with E-state index in [-0.39, 0.29) is 5.91 Å². The molecule has 5 heterocycles. The van der Waals surface area contributed by atoms with Crippen LogP contribution in [0, 0.1) is 0 Å². The number of pyridine rings is 2. The molecule has 8 heteroatoms. The number of likely N-dealkylation sites (N-methyl/N-ethyl adjacent to an activating group) is 1. The molecule has 0 bridgehead atoms. The molecule has 0 atom stereocenters. The molecule has 0 saturated carbocycles. The molecule has 4 aromatic rings. The molecule has 1 aromatic carbocycles. The smallest absolute Gasteiger partial charge is 0.250 e. The molecule has 194 valence electrons. The van der Waals surface area contributed by atoms with Crippen molar-refractivity contribution in [3.05, 3.63) is 77.7 Å². The predicted octanol–water partition coefficient (Wildman–Crippen LogP) is 5.16. The fourth-order valence-electron chi connectivity index (χ4n) is 5.55. The summed E-state index contributed by atoms with van der Waals surface area (Å²) >= 11 is 6.74. The zero-order valence-corrected chi connectivity index (χ0v) is 22.3. The third-order valence-corrected chi connectivity index (χ3v) is 7.99. The van der Waals surface area contributed by atoms with Crippen LogP contribution in [0.15, 0.2) is 61.4 Å². The molecule has 1 N–H and O–H groups in total. The van der Waals surface area contributed by atoms with Crippen molar-refractivity contribution in [3.8, 4) is 22.4 Å². The highest BCUT2D eigenvalue weighted by Crippen LogP contribution is 2.42. The van der Waals surface area contributed by atoms with Gasteiger partial charge >= 0.3 is 0 Å². The Balaban J connectivity index is 1.41. The van der Waals surface area contributed by atoms with E-state index in [1.165, 1.54) is 6.08 Å². The largest absolute Gasteiger partial charge is 0.339 e. The minimum atomic E-state index is -0.0814. The number of carbonyl (C=O) groups excluding carboxylic acids is 1. The minimum Gasteiger partial charge on any atom is -0.339 e. The molecule has 1 amide bonds. The van der Waals surface area contributed by atoms with Gasteiger partial charge in [0.15, 0.2) is 0 Å². The van der Waals surface area contributed by atoms with Gasteiger partial charge in [-0.2, -0.15) is 0 Å².